The van der Waals surface area contributed by atoms with Crippen molar-refractivity contribution in [1.82, 2.24) is 0 Å². The molecule has 0 aromatic heterocycles. The van der Waals surface area contributed by atoms with Gasteiger partial charge in [0, 0.05) is 23.9 Å². The largest absolute Gasteiger partial charge is 0.326 e. The van der Waals surface area contributed by atoms with Crippen molar-refractivity contribution in [2.75, 3.05) is 11.6 Å². The summed E-state index contributed by atoms with van der Waals surface area (Å²) in [7, 11) is -3.29. The van der Waals surface area contributed by atoms with Gasteiger partial charge in [0.05, 0.1) is 4.90 Å². The van der Waals surface area contributed by atoms with Crippen LogP contribution in [0.3, 0.4) is 0 Å². The molecule has 2 aromatic carbocycles. The van der Waals surface area contributed by atoms with Crippen LogP contribution in [0, 0.1) is 0 Å². The van der Waals surface area contributed by atoms with Crippen LogP contribution in [0.4, 0.5) is 5.69 Å². The van der Waals surface area contributed by atoms with E-state index in [0.717, 1.165) is 18.4 Å². The molecule has 4 nitrogen and oxygen atoms in total. The Bertz CT molecular complexity index is 780. The Hall–Kier alpha value is -2.14. The Morgan fingerprint density at radius 3 is 2.30 bits per heavy atom. The van der Waals surface area contributed by atoms with Crippen molar-refractivity contribution >= 4 is 21.4 Å². The number of carbonyl (C=O) groups is 1. The smallest absolute Gasteiger partial charge is 0.224 e. The normalized spacial score (nSPS) is 11.2. The number of rotatable bonds is 6. The summed E-state index contributed by atoms with van der Waals surface area (Å²) in [6.45, 7) is 2.04. The lowest BCUT2D eigenvalue weighted by molar-refractivity contribution is -0.116. The highest BCUT2D eigenvalue weighted by Gasteiger charge is 2.13. The van der Waals surface area contributed by atoms with E-state index in [1.165, 1.54) is 6.26 Å². The van der Waals surface area contributed by atoms with Crippen LogP contribution < -0.4 is 5.32 Å². The molecule has 1 amide bonds. The van der Waals surface area contributed by atoms with Crippen molar-refractivity contribution in [3.8, 4) is 11.1 Å². The van der Waals surface area contributed by atoms with Crippen LogP contribution in [0.2, 0.25) is 0 Å². The molecule has 0 aliphatic rings. The lowest BCUT2D eigenvalue weighted by Crippen LogP contribution is -2.10. The molecule has 0 fully saturated rings. The van der Waals surface area contributed by atoms with Crippen molar-refractivity contribution in [2.24, 2.45) is 0 Å². The molecule has 0 bridgehead atoms. The fourth-order valence-electron chi connectivity index (χ4n) is 2.32. The van der Waals surface area contributed by atoms with Gasteiger partial charge < -0.3 is 5.32 Å². The van der Waals surface area contributed by atoms with E-state index in [0.29, 0.717) is 22.6 Å². The highest BCUT2D eigenvalue weighted by atomic mass is 32.2. The molecule has 0 radical (unpaired) electrons. The van der Waals surface area contributed by atoms with Crippen molar-refractivity contribution in [1.29, 1.82) is 0 Å². The van der Waals surface area contributed by atoms with Crippen LogP contribution in [0.15, 0.2) is 53.4 Å². The van der Waals surface area contributed by atoms with Gasteiger partial charge in [-0.3, -0.25) is 4.79 Å². The number of amides is 1. The molecular weight excluding hydrogens is 310 g/mol. The number of nitrogens with one attached hydrogen (secondary N) is 1. The SMILES string of the molecule is CCCCC(=O)Nc1ccc(-c2ccccc2S(C)(=O)=O)cc1. The van der Waals surface area contributed by atoms with Gasteiger partial charge in [-0.15, -0.1) is 0 Å². The van der Waals surface area contributed by atoms with Gasteiger partial charge in [-0.25, -0.2) is 8.42 Å². The molecule has 0 spiro atoms. The summed E-state index contributed by atoms with van der Waals surface area (Å²) in [6, 6.07) is 14.1. The van der Waals surface area contributed by atoms with Crippen molar-refractivity contribution in [3.05, 3.63) is 48.5 Å². The van der Waals surface area contributed by atoms with E-state index >= 15 is 0 Å². The van der Waals surface area contributed by atoms with Crippen molar-refractivity contribution < 1.29 is 13.2 Å². The molecule has 2 aromatic rings. The molecule has 0 aliphatic heterocycles. The first kappa shape index (κ1) is 17.2. The summed E-state index contributed by atoms with van der Waals surface area (Å²) in [5.74, 6) is -0.00358. The summed E-state index contributed by atoms with van der Waals surface area (Å²) in [6.07, 6.45) is 3.56. The number of unbranched alkanes of at least 4 members (excludes halogenated alkanes) is 1. The third kappa shape index (κ3) is 4.66. The fraction of sp³-hybridized carbons (Fsp3) is 0.278. The van der Waals surface area contributed by atoms with Gasteiger partial charge in [-0.1, -0.05) is 43.7 Å². The molecule has 0 aliphatic carbocycles. The minimum Gasteiger partial charge on any atom is -0.326 e. The summed E-state index contributed by atoms with van der Waals surface area (Å²) < 4.78 is 23.8. The topological polar surface area (TPSA) is 63.2 Å². The lowest BCUT2D eigenvalue weighted by Gasteiger charge is -2.09. The molecule has 122 valence electrons. The molecular formula is C18H21NO3S. The van der Waals surface area contributed by atoms with E-state index in [-0.39, 0.29) is 5.91 Å². The van der Waals surface area contributed by atoms with Gasteiger partial charge >= 0.3 is 0 Å². The monoisotopic (exact) mass is 331 g/mol. The maximum absolute atomic E-state index is 11.9. The van der Waals surface area contributed by atoms with Gasteiger partial charge in [0.2, 0.25) is 5.91 Å². The highest BCUT2D eigenvalue weighted by Crippen LogP contribution is 2.28. The van der Waals surface area contributed by atoms with E-state index < -0.39 is 9.84 Å². The number of anilines is 1. The predicted octanol–water partition coefficient (Wildman–Crippen LogP) is 3.89. The van der Waals surface area contributed by atoms with E-state index in [9.17, 15) is 13.2 Å². The van der Waals surface area contributed by atoms with Crippen LogP contribution >= 0.6 is 0 Å². The van der Waals surface area contributed by atoms with Crippen molar-refractivity contribution in [2.45, 2.75) is 31.1 Å². The fourth-order valence-corrected chi connectivity index (χ4v) is 3.23. The first-order valence-electron chi connectivity index (χ1n) is 7.61. The molecule has 2 rings (SSSR count). The summed E-state index contributed by atoms with van der Waals surface area (Å²) in [5.41, 5.74) is 2.18. The number of sulfone groups is 1. The first-order valence-corrected chi connectivity index (χ1v) is 9.50. The zero-order chi connectivity index (χ0) is 16.9. The zero-order valence-corrected chi connectivity index (χ0v) is 14.2. The lowest BCUT2D eigenvalue weighted by atomic mass is 10.1. The molecule has 5 heteroatoms. The average molecular weight is 331 g/mol. The van der Waals surface area contributed by atoms with Gasteiger partial charge in [-0.2, -0.15) is 0 Å². The average Bonchev–Trinajstić information content (AvgIpc) is 2.53. The second kappa shape index (κ2) is 7.42. The Labute approximate surface area is 137 Å². The van der Waals surface area contributed by atoms with E-state index in [1.54, 1.807) is 30.3 Å². The number of hydrogen-bond acceptors (Lipinski definition) is 3. The third-order valence-electron chi connectivity index (χ3n) is 3.52. The quantitative estimate of drug-likeness (QED) is 0.873. The minimum atomic E-state index is -3.29. The standard InChI is InChI=1S/C18H21NO3S/c1-3-4-9-18(20)19-15-12-10-14(11-13-15)16-7-5-6-8-17(16)23(2,21)22/h5-8,10-13H,3-4,9H2,1-2H3,(H,19,20). The van der Waals surface area contributed by atoms with Gasteiger partial charge in [0.15, 0.2) is 9.84 Å². The molecule has 0 atom stereocenters. The summed E-state index contributed by atoms with van der Waals surface area (Å²) in [5, 5.41) is 2.84. The summed E-state index contributed by atoms with van der Waals surface area (Å²) in [4.78, 5) is 12.0. The molecule has 1 N–H and O–H groups in total. The predicted molar refractivity (Wildman–Crippen MR) is 93.1 cm³/mol. The maximum Gasteiger partial charge on any atom is 0.224 e. The van der Waals surface area contributed by atoms with Crippen LogP contribution in [-0.4, -0.2) is 20.6 Å². The molecule has 0 saturated carbocycles. The molecule has 23 heavy (non-hydrogen) atoms. The van der Waals surface area contributed by atoms with Crippen LogP contribution in [0.1, 0.15) is 26.2 Å². The second-order valence-corrected chi connectivity index (χ2v) is 7.48. The number of carbonyl (C=O) groups excluding carboxylic acids is 1. The second-order valence-electron chi connectivity index (χ2n) is 5.50. The van der Waals surface area contributed by atoms with Crippen LogP contribution in [-0.2, 0) is 14.6 Å². The third-order valence-corrected chi connectivity index (χ3v) is 4.68. The van der Waals surface area contributed by atoms with Crippen LogP contribution in [0.25, 0.3) is 11.1 Å². The maximum atomic E-state index is 11.9. The zero-order valence-electron chi connectivity index (χ0n) is 13.4. The Morgan fingerprint density at radius 2 is 1.70 bits per heavy atom. The van der Waals surface area contributed by atoms with E-state index in [1.807, 2.05) is 25.1 Å². The Kier molecular flexibility index (Phi) is 5.55. The molecule has 0 unspecified atom stereocenters. The van der Waals surface area contributed by atoms with E-state index in [2.05, 4.69) is 5.32 Å². The highest BCUT2D eigenvalue weighted by molar-refractivity contribution is 7.90. The molecule has 0 heterocycles. The van der Waals surface area contributed by atoms with Crippen molar-refractivity contribution in [3.63, 3.8) is 0 Å². The first-order chi connectivity index (χ1) is 10.9. The van der Waals surface area contributed by atoms with Gasteiger partial charge in [0.1, 0.15) is 0 Å². The van der Waals surface area contributed by atoms with E-state index in [4.69, 9.17) is 0 Å². The Balaban J connectivity index is 2.23. The Morgan fingerprint density at radius 1 is 1.04 bits per heavy atom. The molecule has 0 saturated heterocycles. The number of hydrogen-bond donors (Lipinski definition) is 1. The number of benzene rings is 2. The van der Waals surface area contributed by atoms with Gasteiger partial charge in [0.25, 0.3) is 0 Å². The summed E-state index contributed by atoms with van der Waals surface area (Å²) >= 11 is 0. The van der Waals surface area contributed by atoms with Gasteiger partial charge in [-0.05, 0) is 30.2 Å². The van der Waals surface area contributed by atoms with Crippen LogP contribution in [0.5, 0.6) is 0 Å². The minimum absolute atomic E-state index is 0.00358.